The third-order valence-electron chi connectivity index (χ3n) is 3.90. The molecule has 20 heavy (non-hydrogen) atoms. The molecule has 1 heterocycles. The third kappa shape index (κ3) is 3.87. The lowest BCUT2D eigenvalue weighted by Gasteiger charge is -2.34. The number of nitrogens with two attached hydrogens (primary N) is 1. The minimum absolute atomic E-state index is 0.0968. The van der Waals surface area contributed by atoms with E-state index in [0.29, 0.717) is 22.4 Å². The molecule has 2 rings (SSSR count). The molecule has 0 radical (unpaired) electrons. The molecule has 5 heteroatoms. The Labute approximate surface area is 130 Å². The predicted octanol–water partition coefficient (Wildman–Crippen LogP) is 3.12. The fraction of sp³-hybridized carbons (Fsp3) is 0.533. The molecule has 110 valence electrons. The Morgan fingerprint density at radius 2 is 2.25 bits per heavy atom. The van der Waals surface area contributed by atoms with Gasteiger partial charge in [0.05, 0.1) is 6.42 Å². The van der Waals surface area contributed by atoms with E-state index < -0.39 is 0 Å². The second-order valence-corrected chi connectivity index (χ2v) is 6.36. The van der Waals surface area contributed by atoms with Gasteiger partial charge in [-0.15, -0.1) is 0 Å². The Bertz CT molecular complexity index is 491. The van der Waals surface area contributed by atoms with Crippen LogP contribution in [0.3, 0.4) is 0 Å². The van der Waals surface area contributed by atoms with Crippen LogP contribution < -0.4 is 5.73 Å². The number of benzene rings is 1. The van der Waals surface area contributed by atoms with Gasteiger partial charge in [0.1, 0.15) is 0 Å². The van der Waals surface area contributed by atoms with Crippen LogP contribution in [0.15, 0.2) is 18.2 Å². The van der Waals surface area contributed by atoms with Gasteiger partial charge in [0.2, 0.25) is 5.91 Å². The molecular weight excluding hydrogens is 295 g/mol. The average Bonchev–Trinajstić information content (AvgIpc) is 2.43. The highest BCUT2D eigenvalue weighted by molar-refractivity contribution is 6.33. The van der Waals surface area contributed by atoms with Crippen molar-refractivity contribution in [2.45, 2.75) is 32.2 Å². The maximum atomic E-state index is 12.4. The Morgan fingerprint density at radius 1 is 1.50 bits per heavy atom. The number of piperidine rings is 1. The van der Waals surface area contributed by atoms with E-state index in [4.69, 9.17) is 28.9 Å². The summed E-state index contributed by atoms with van der Waals surface area (Å²) in [6.45, 7) is 3.56. The molecule has 0 aliphatic carbocycles. The number of likely N-dealkylation sites (tertiary alicyclic amines) is 1. The lowest BCUT2D eigenvalue weighted by molar-refractivity contribution is -0.132. The first-order chi connectivity index (χ1) is 9.47. The summed E-state index contributed by atoms with van der Waals surface area (Å²) in [5, 5.41) is 1.19. The number of hydrogen-bond acceptors (Lipinski definition) is 2. The molecule has 0 spiro atoms. The molecule has 1 aliphatic heterocycles. The fourth-order valence-corrected chi connectivity index (χ4v) is 3.00. The maximum absolute atomic E-state index is 12.4. The van der Waals surface area contributed by atoms with Crippen molar-refractivity contribution in [1.82, 2.24) is 4.90 Å². The van der Waals surface area contributed by atoms with Crippen molar-refractivity contribution >= 4 is 29.1 Å². The lowest BCUT2D eigenvalue weighted by Crippen LogP contribution is -2.45. The zero-order chi connectivity index (χ0) is 14.7. The molecule has 1 aliphatic rings. The van der Waals surface area contributed by atoms with Gasteiger partial charge in [-0.05, 0) is 49.4 Å². The highest BCUT2D eigenvalue weighted by atomic mass is 35.5. The fourth-order valence-electron chi connectivity index (χ4n) is 2.62. The van der Waals surface area contributed by atoms with Crippen LogP contribution in [0.4, 0.5) is 0 Å². The monoisotopic (exact) mass is 314 g/mol. The van der Waals surface area contributed by atoms with Gasteiger partial charge in [0.15, 0.2) is 0 Å². The molecule has 1 aromatic carbocycles. The van der Waals surface area contributed by atoms with Crippen molar-refractivity contribution in [3.05, 3.63) is 33.8 Å². The summed E-state index contributed by atoms with van der Waals surface area (Å²) in [5.74, 6) is 0.488. The Kier molecular flexibility index (Phi) is 5.30. The first-order valence-corrected chi connectivity index (χ1v) is 7.70. The minimum Gasteiger partial charge on any atom is -0.342 e. The molecule has 0 aromatic heterocycles. The van der Waals surface area contributed by atoms with E-state index >= 15 is 0 Å². The van der Waals surface area contributed by atoms with Crippen molar-refractivity contribution in [3.63, 3.8) is 0 Å². The van der Waals surface area contributed by atoms with E-state index in [0.717, 1.165) is 31.5 Å². The van der Waals surface area contributed by atoms with Crippen molar-refractivity contribution in [1.29, 1.82) is 0 Å². The van der Waals surface area contributed by atoms with Crippen molar-refractivity contribution in [2.75, 3.05) is 13.1 Å². The van der Waals surface area contributed by atoms with Crippen LogP contribution in [-0.2, 0) is 11.2 Å². The summed E-state index contributed by atoms with van der Waals surface area (Å²) >= 11 is 12.1. The smallest absolute Gasteiger partial charge is 0.227 e. The number of hydrogen-bond donors (Lipinski definition) is 1. The van der Waals surface area contributed by atoms with Gasteiger partial charge in [-0.2, -0.15) is 0 Å². The molecule has 3 nitrogen and oxygen atoms in total. The van der Waals surface area contributed by atoms with Gasteiger partial charge in [-0.25, -0.2) is 0 Å². The lowest BCUT2D eigenvalue weighted by atomic mass is 9.92. The van der Waals surface area contributed by atoms with Crippen LogP contribution in [0.2, 0.25) is 10.0 Å². The van der Waals surface area contributed by atoms with Crippen molar-refractivity contribution in [2.24, 2.45) is 11.7 Å². The van der Waals surface area contributed by atoms with E-state index in [-0.39, 0.29) is 11.9 Å². The highest BCUT2D eigenvalue weighted by Gasteiger charge is 2.26. The minimum atomic E-state index is 0.0968. The first-order valence-electron chi connectivity index (χ1n) is 6.94. The van der Waals surface area contributed by atoms with Gasteiger partial charge >= 0.3 is 0 Å². The van der Waals surface area contributed by atoms with Crippen LogP contribution >= 0.6 is 23.2 Å². The van der Waals surface area contributed by atoms with Gasteiger partial charge in [-0.1, -0.05) is 23.2 Å². The number of amides is 1. The summed E-state index contributed by atoms with van der Waals surface area (Å²) in [5.41, 5.74) is 6.73. The largest absolute Gasteiger partial charge is 0.342 e. The summed E-state index contributed by atoms with van der Waals surface area (Å²) in [4.78, 5) is 14.3. The second-order valence-electron chi connectivity index (χ2n) is 5.51. The normalized spacial score (nSPS) is 20.8. The van der Waals surface area contributed by atoms with E-state index in [1.54, 1.807) is 18.2 Å². The molecule has 1 amide bonds. The highest BCUT2D eigenvalue weighted by Crippen LogP contribution is 2.23. The maximum Gasteiger partial charge on any atom is 0.227 e. The van der Waals surface area contributed by atoms with Crippen LogP contribution in [0.5, 0.6) is 0 Å². The summed E-state index contributed by atoms with van der Waals surface area (Å²) in [7, 11) is 0. The van der Waals surface area contributed by atoms with Crippen LogP contribution in [-0.4, -0.2) is 29.9 Å². The SMILES string of the molecule is CC(N)C1CCCN(C(=O)Cc2cc(Cl)ccc2Cl)C1. The Morgan fingerprint density at radius 3 is 2.95 bits per heavy atom. The number of halogens is 2. The molecular formula is C15H20Cl2N2O. The van der Waals surface area contributed by atoms with Crippen molar-refractivity contribution in [3.8, 4) is 0 Å². The molecule has 1 fully saturated rings. The molecule has 2 atom stereocenters. The average molecular weight is 315 g/mol. The Hall–Kier alpha value is -0.770. The molecule has 0 bridgehead atoms. The zero-order valence-corrected chi connectivity index (χ0v) is 13.1. The van der Waals surface area contributed by atoms with Crippen molar-refractivity contribution < 1.29 is 4.79 Å². The van der Waals surface area contributed by atoms with Gasteiger partial charge in [-0.3, -0.25) is 4.79 Å². The van der Waals surface area contributed by atoms with Crippen LogP contribution in [0, 0.1) is 5.92 Å². The molecule has 1 saturated heterocycles. The topological polar surface area (TPSA) is 46.3 Å². The molecule has 2 unspecified atom stereocenters. The summed E-state index contributed by atoms with van der Waals surface area (Å²) in [6.07, 6.45) is 2.41. The van der Waals surface area contributed by atoms with Gasteiger partial charge in [0, 0.05) is 29.2 Å². The van der Waals surface area contributed by atoms with Crippen LogP contribution in [0.1, 0.15) is 25.3 Å². The van der Waals surface area contributed by atoms with Crippen LogP contribution in [0.25, 0.3) is 0 Å². The molecule has 2 N–H and O–H groups in total. The van der Waals surface area contributed by atoms with E-state index in [9.17, 15) is 4.79 Å². The standard InChI is InChI=1S/C15H20Cl2N2O/c1-10(18)11-3-2-6-19(9-11)15(20)8-12-7-13(16)4-5-14(12)17/h4-5,7,10-11H,2-3,6,8-9,18H2,1H3. The predicted molar refractivity (Wildman–Crippen MR) is 83.1 cm³/mol. The first kappa shape index (κ1) is 15.6. The van der Waals surface area contributed by atoms with E-state index in [2.05, 4.69) is 0 Å². The van der Waals surface area contributed by atoms with E-state index in [1.807, 2.05) is 11.8 Å². The number of rotatable bonds is 3. The number of carbonyl (C=O) groups is 1. The summed E-state index contributed by atoms with van der Waals surface area (Å²) < 4.78 is 0. The zero-order valence-electron chi connectivity index (χ0n) is 11.6. The van der Waals surface area contributed by atoms with E-state index in [1.165, 1.54) is 0 Å². The molecule has 0 saturated carbocycles. The third-order valence-corrected chi connectivity index (χ3v) is 4.51. The van der Waals surface area contributed by atoms with Gasteiger partial charge < -0.3 is 10.6 Å². The summed E-state index contributed by atoms with van der Waals surface area (Å²) in [6, 6.07) is 5.34. The second kappa shape index (κ2) is 6.79. The number of carbonyl (C=O) groups excluding carboxylic acids is 1. The molecule has 1 aromatic rings. The number of nitrogens with zero attached hydrogens (tertiary/aromatic N) is 1. The quantitative estimate of drug-likeness (QED) is 0.931. The Balaban J connectivity index is 2.02. The van der Waals surface area contributed by atoms with Gasteiger partial charge in [0.25, 0.3) is 0 Å².